The highest BCUT2D eigenvalue weighted by Gasteiger charge is 2.19. The predicted octanol–water partition coefficient (Wildman–Crippen LogP) is 0.855. The summed E-state index contributed by atoms with van der Waals surface area (Å²) >= 11 is 0. The molecule has 0 aliphatic carbocycles. The van der Waals surface area contributed by atoms with Gasteiger partial charge in [0.2, 0.25) is 5.03 Å². The van der Waals surface area contributed by atoms with Crippen molar-refractivity contribution in [3.8, 4) is 0 Å². The van der Waals surface area contributed by atoms with Gasteiger partial charge in [0.25, 0.3) is 10.0 Å². The van der Waals surface area contributed by atoms with Crippen LogP contribution < -0.4 is 4.72 Å². The van der Waals surface area contributed by atoms with E-state index in [-0.39, 0.29) is 6.54 Å². The molecule has 2 aromatic rings. The highest BCUT2D eigenvalue weighted by Crippen LogP contribution is 2.09. The Labute approximate surface area is 110 Å². The predicted molar refractivity (Wildman–Crippen MR) is 66.3 cm³/mol. The summed E-state index contributed by atoms with van der Waals surface area (Å²) in [5, 5.41) is -0.576. The standard InChI is InChI=1S/C11H13FN4O2S/c12-9-3-1-5-15-11(9)19(17,18)16-6-2-4-10-13-7-8-14-10/h1,3,5,7-8,16H,2,4,6H2,(H,13,14). The Morgan fingerprint density at radius 3 is 2.84 bits per heavy atom. The highest BCUT2D eigenvalue weighted by molar-refractivity contribution is 7.89. The summed E-state index contributed by atoms with van der Waals surface area (Å²) in [7, 11) is -3.90. The molecule has 0 saturated heterocycles. The van der Waals surface area contributed by atoms with E-state index in [1.807, 2.05) is 0 Å². The van der Waals surface area contributed by atoms with Crippen molar-refractivity contribution in [1.82, 2.24) is 19.7 Å². The number of pyridine rings is 1. The molecule has 2 N–H and O–H groups in total. The third-order valence-electron chi connectivity index (χ3n) is 2.42. The number of nitrogens with zero attached hydrogens (tertiary/aromatic N) is 2. The molecule has 0 spiro atoms. The van der Waals surface area contributed by atoms with E-state index in [9.17, 15) is 12.8 Å². The van der Waals surface area contributed by atoms with Gasteiger partial charge in [-0.25, -0.2) is 27.5 Å². The summed E-state index contributed by atoms with van der Waals surface area (Å²) < 4.78 is 39.2. The van der Waals surface area contributed by atoms with Crippen LogP contribution in [0.2, 0.25) is 0 Å². The SMILES string of the molecule is O=S(=O)(NCCCc1ncc[nH]1)c1ncccc1F. The lowest BCUT2D eigenvalue weighted by Gasteiger charge is -2.05. The van der Waals surface area contributed by atoms with E-state index < -0.39 is 20.9 Å². The number of sulfonamides is 1. The number of nitrogens with one attached hydrogen (secondary N) is 2. The normalized spacial score (nSPS) is 11.6. The first kappa shape index (κ1) is 13.6. The fourth-order valence-corrected chi connectivity index (χ4v) is 2.61. The van der Waals surface area contributed by atoms with Crippen molar-refractivity contribution in [2.45, 2.75) is 17.9 Å². The number of halogens is 1. The smallest absolute Gasteiger partial charge is 0.261 e. The Kier molecular flexibility index (Phi) is 4.23. The fraction of sp³-hybridized carbons (Fsp3) is 0.273. The Hall–Kier alpha value is -1.80. The molecule has 0 saturated carbocycles. The van der Waals surface area contributed by atoms with Gasteiger partial charge in [0, 0.05) is 31.6 Å². The zero-order valence-corrected chi connectivity index (χ0v) is 10.8. The maximum atomic E-state index is 13.3. The molecule has 19 heavy (non-hydrogen) atoms. The van der Waals surface area contributed by atoms with Gasteiger partial charge in [-0.2, -0.15) is 0 Å². The number of rotatable bonds is 6. The minimum absolute atomic E-state index is 0.193. The molecular weight excluding hydrogens is 271 g/mol. The Bertz CT molecular complexity index is 628. The zero-order valence-electron chi connectivity index (χ0n) is 10.0. The number of H-pyrrole nitrogens is 1. The maximum absolute atomic E-state index is 13.3. The van der Waals surface area contributed by atoms with Crippen LogP contribution >= 0.6 is 0 Å². The van der Waals surface area contributed by atoms with Gasteiger partial charge in [-0.1, -0.05) is 0 Å². The molecule has 0 atom stereocenters. The molecule has 0 aliphatic rings. The van der Waals surface area contributed by atoms with Crippen LogP contribution in [0.25, 0.3) is 0 Å². The second-order valence-electron chi connectivity index (χ2n) is 3.83. The lowest BCUT2D eigenvalue weighted by Crippen LogP contribution is -2.26. The van der Waals surface area contributed by atoms with Gasteiger partial charge in [-0.3, -0.25) is 0 Å². The second-order valence-corrected chi connectivity index (χ2v) is 5.51. The van der Waals surface area contributed by atoms with E-state index in [1.54, 1.807) is 12.4 Å². The van der Waals surface area contributed by atoms with Crippen molar-refractivity contribution < 1.29 is 12.8 Å². The number of aromatic amines is 1. The first-order valence-corrected chi connectivity index (χ1v) is 7.16. The summed E-state index contributed by atoms with van der Waals surface area (Å²) in [6.07, 6.45) is 5.73. The third kappa shape index (κ3) is 3.58. The molecule has 0 radical (unpaired) electrons. The van der Waals surface area contributed by atoms with Gasteiger partial charge in [0.05, 0.1) is 0 Å². The van der Waals surface area contributed by atoms with Crippen LogP contribution in [0.15, 0.2) is 35.7 Å². The van der Waals surface area contributed by atoms with E-state index in [4.69, 9.17) is 0 Å². The van der Waals surface area contributed by atoms with E-state index in [0.717, 1.165) is 11.9 Å². The minimum Gasteiger partial charge on any atom is -0.349 e. The van der Waals surface area contributed by atoms with Crippen molar-refractivity contribution in [2.24, 2.45) is 0 Å². The minimum atomic E-state index is -3.90. The van der Waals surface area contributed by atoms with Crippen molar-refractivity contribution in [3.05, 3.63) is 42.4 Å². The number of aromatic nitrogens is 3. The van der Waals surface area contributed by atoms with Gasteiger partial charge in [-0.15, -0.1) is 0 Å². The Morgan fingerprint density at radius 2 is 2.16 bits per heavy atom. The summed E-state index contributed by atoms with van der Waals surface area (Å²) in [6, 6.07) is 2.40. The maximum Gasteiger partial charge on any atom is 0.261 e. The third-order valence-corrected chi connectivity index (χ3v) is 3.81. The molecule has 2 aromatic heterocycles. The van der Waals surface area contributed by atoms with E-state index in [1.165, 1.54) is 12.3 Å². The second kappa shape index (κ2) is 5.89. The number of hydrogen-bond donors (Lipinski definition) is 2. The number of imidazole rings is 1. The zero-order chi connectivity index (χ0) is 13.7. The molecule has 2 rings (SSSR count). The summed E-state index contributed by atoms with van der Waals surface area (Å²) in [5.74, 6) is -0.0794. The Balaban J connectivity index is 1.90. The molecule has 102 valence electrons. The molecular formula is C11H13FN4O2S. The van der Waals surface area contributed by atoms with Gasteiger partial charge < -0.3 is 4.98 Å². The topological polar surface area (TPSA) is 87.7 Å². The molecule has 8 heteroatoms. The van der Waals surface area contributed by atoms with Crippen molar-refractivity contribution >= 4 is 10.0 Å². The molecule has 0 aromatic carbocycles. The van der Waals surface area contributed by atoms with Crippen LogP contribution in [0.3, 0.4) is 0 Å². The lowest BCUT2D eigenvalue weighted by atomic mass is 10.3. The van der Waals surface area contributed by atoms with Crippen molar-refractivity contribution in [3.63, 3.8) is 0 Å². The fourth-order valence-electron chi connectivity index (χ4n) is 1.53. The molecule has 0 amide bonds. The molecule has 6 nitrogen and oxygen atoms in total. The van der Waals surface area contributed by atoms with Crippen LogP contribution in [0.4, 0.5) is 4.39 Å². The van der Waals surface area contributed by atoms with Crippen molar-refractivity contribution in [1.29, 1.82) is 0 Å². The van der Waals surface area contributed by atoms with Gasteiger partial charge in [-0.05, 0) is 18.6 Å². The Morgan fingerprint density at radius 1 is 1.32 bits per heavy atom. The monoisotopic (exact) mass is 284 g/mol. The van der Waals surface area contributed by atoms with Crippen molar-refractivity contribution in [2.75, 3.05) is 6.54 Å². The molecule has 0 fully saturated rings. The van der Waals surface area contributed by atoms with Crippen LogP contribution in [0.1, 0.15) is 12.2 Å². The molecule has 0 unspecified atom stereocenters. The van der Waals surface area contributed by atoms with Crippen LogP contribution in [-0.4, -0.2) is 29.9 Å². The average Bonchev–Trinajstić information content (AvgIpc) is 2.88. The highest BCUT2D eigenvalue weighted by atomic mass is 32.2. The number of aryl methyl sites for hydroxylation is 1. The summed E-state index contributed by atoms with van der Waals surface area (Å²) in [5.41, 5.74) is 0. The van der Waals surface area contributed by atoms with Gasteiger partial charge in [0.15, 0.2) is 5.82 Å². The summed E-state index contributed by atoms with van der Waals surface area (Å²) in [4.78, 5) is 10.5. The van der Waals surface area contributed by atoms with E-state index in [2.05, 4.69) is 19.7 Å². The van der Waals surface area contributed by atoms with E-state index >= 15 is 0 Å². The molecule has 2 heterocycles. The van der Waals surface area contributed by atoms with Crippen LogP contribution in [0.5, 0.6) is 0 Å². The first-order chi connectivity index (χ1) is 9.09. The van der Waals surface area contributed by atoms with Crippen LogP contribution in [-0.2, 0) is 16.4 Å². The largest absolute Gasteiger partial charge is 0.349 e. The number of hydrogen-bond acceptors (Lipinski definition) is 4. The average molecular weight is 284 g/mol. The van der Waals surface area contributed by atoms with Gasteiger partial charge >= 0.3 is 0 Å². The molecule has 0 aliphatic heterocycles. The van der Waals surface area contributed by atoms with E-state index in [0.29, 0.717) is 12.8 Å². The molecule has 0 bridgehead atoms. The first-order valence-electron chi connectivity index (χ1n) is 5.68. The summed E-state index contributed by atoms with van der Waals surface area (Å²) in [6.45, 7) is 0.193. The van der Waals surface area contributed by atoms with Crippen LogP contribution in [0, 0.1) is 5.82 Å². The van der Waals surface area contributed by atoms with Gasteiger partial charge in [0.1, 0.15) is 5.82 Å². The lowest BCUT2D eigenvalue weighted by molar-refractivity contribution is 0.543. The quantitative estimate of drug-likeness (QED) is 0.770.